The average Bonchev–Trinajstić information content (AvgIpc) is 3.29. The first-order chi connectivity index (χ1) is 17.4. The average molecular weight is 540 g/mol. The minimum atomic E-state index is -1.21. The molecule has 1 fully saturated rings. The smallest absolute Gasteiger partial charge is 0.410 e. The number of nitrogens with zero attached hydrogens (tertiary/aromatic N) is 3. The number of hydrogen-bond acceptors (Lipinski definition) is 5. The Bertz CT molecular complexity index is 1140. The summed E-state index contributed by atoms with van der Waals surface area (Å²) in [7, 11) is 0. The van der Waals surface area contributed by atoms with E-state index in [4.69, 9.17) is 16.3 Å². The van der Waals surface area contributed by atoms with E-state index in [1.807, 2.05) is 27.7 Å². The first kappa shape index (κ1) is 28.4. The fourth-order valence-corrected chi connectivity index (χ4v) is 4.23. The number of H-pyrrole nitrogens is 1. The van der Waals surface area contributed by atoms with Crippen LogP contribution in [0.4, 0.5) is 19.4 Å². The number of piperidine rings is 1. The summed E-state index contributed by atoms with van der Waals surface area (Å²) >= 11 is 5.87. The summed E-state index contributed by atoms with van der Waals surface area (Å²) in [6, 6.07) is 2.70. The van der Waals surface area contributed by atoms with Crippen molar-refractivity contribution in [2.24, 2.45) is 0 Å². The molecule has 3 amide bonds. The van der Waals surface area contributed by atoms with Crippen molar-refractivity contribution in [1.29, 1.82) is 0 Å². The fraction of sp³-hybridized carbons (Fsp3) is 0.520. The SMILES string of the molecule is CCCCN(C(=O)c1cc(NC(=O)c2cc(F)c(F)cc2Cl)n[nH]1)C1CCN(C(=O)OC(C)(C)C)CC1. The van der Waals surface area contributed by atoms with Crippen LogP contribution >= 0.6 is 11.6 Å². The molecule has 0 radical (unpaired) electrons. The third-order valence-electron chi connectivity index (χ3n) is 5.87. The Morgan fingerprint density at radius 1 is 1.19 bits per heavy atom. The molecule has 3 rings (SSSR count). The number of aromatic nitrogens is 2. The lowest BCUT2D eigenvalue weighted by Crippen LogP contribution is -2.50. The van der Waals surface area contributed by atoms with Crippen LogP contribution in [0.1, 0.15) is 74.2 Å². The van der Waals surface area contributed by atoms with Gasteiger partial charge in [-0.1, -0.05) is 24.9 Å². The maximum atomic E-state index is 13.6. The summed E-state index contributed by atoms with van der Waals surface area (Å²) in [6.07, 6.45) is 2.51. The van der Waals surface area contributed by atoms with Crippen LogP contribution in [0, 0.1) is 11.6 Å². The number of hydrogen-bond donors (Lipinski definition) is 2. The molecule has 0 unspecified atom stereocenters. The Balaban J connectivity index is 1.67. The van der Waals surface area contributed by atoms with Crippen LogP contribution in [-0.2, 0) is 4.74 Å². The van der Waals surface area contributed by atoms with Gasteiger partial charge in [0.1, 0.15) is 11.3 Å². The van der Waals surface area contributed by atoms with Gasteiger partial charge in [-0.15, -0.1) is 0 Å². The van der Waals surface area contributed by atoms with Gasteiger partial charge >= 0.3 is 6.09 Å². The maximum absolute atomic E-state index is 13.6. The number of ether oxygens (including phenoxy) is 1. The van der Waals surface area contributed by atoms with Crippen molar-refractivity contribution in [2.75, 3.05) is 25.0 Å². The Morgan fingerprint density at radius 2 is 1.84 bits per heavy atom. The van der Waals surface area contributed by atoms with Crippen LogP contribution in [-0.4, -0.2) is 69.2 Å². The molecule has 9 nitrogen and oxygen atoms in total. The van der Waals surface area contributed by atoms with Crippen molar-refractivity contribution >= 4 is 35.3 Å². The lowest BCUT2D eigenvalue weighted by molar-refractivity contribution is 0.0145. The number of rotatable bonds is 7. The van der Waals surface area contributed by atoms with Crippen molar-refractivity contribution in [1.82, 2.24) is 20.0 Å². The van der Waals surface area contributed by atoms with Gasteiger partial charge in [-0.3, -0.25) is 14.7 Å². The number of nitrogens with one attached hydrogen (secondary N) is 2. The molecule has 0 atom stereocenters. The Labute approximate surface area is 219 Å². The molecule has 12 heteroatoms. The van der Waals surface area contributed by atoms with Crippen molar-refractivity contribution in [3.05, 3.63) is 46.1 Å². The van der Waals surface area contributed by atoms with Crippen LogP contribution in [0.2, 0.25) is 5.02 Å². The lowest BCUT2D eigenvalue weighted by atomic mass is 10.0. The van der Waals surface area contributed by atoms with Crippen molar-refractivity contribution in [2.45, 2.75) is 65.0 Å². The zero-order valence-corrected chi connectivity index (χ0v) is 22.1. The number of unbranched alkanes of at least 4 members (excludes halogenated alkanes) is 1. The highest BCUT2D eigenvalue weighted by Gasteiger charge is 2.32. The van der Waals surface area contributed by atoms with Crippen molar-refractivity contribution in [3.8, 4) is 0 Å². The number of halogens is 3. The van der Waals surface area contributed by atoms with E-state index in [2.05, 4.69) is 15.5 Å². The molecule has 1 saturated heterocycles. The summed E-state index contributed by atoms with van der Waals surface area (Å²) in [5.41, 5.74) is -0.684. The molecule has 2 N–H and O–H groups in total. The number of likely N-dealkylation sites (tertiary alicyclic amines) is 1. The summed E-state index contributed by atoms with van der Waals surface area (Å²) in [4.78, 5) is 41.7. The van der Waals surface area contributed by atoms with E-state index < -0.39 is 23.1 Å². The standard InChI is InChI=1S/C25H32ClF2N5O4/c1-5-6-9-33(15-7-10-32(11-8-15)24(36)37-25(2,3)4)23(35)20-14-21(31-30-20)29-22(34)16-12-18(27)19(28)13-17(16)26/h12-15H,5-11H2,1-4H3,(H2,29,30,31,34). The minimum Gasteiger partial charge on any atom is -0.444 e. The van der Waals surface area contributed by atoms with E-state index in [-0.39, 0.29) is 40.1 Å². The first-order valence-electron chi connectivity index (χ1n) is 12.2. The number of amides is 3. The van der Waals surface area contributed by atoms with Gasteiger partial charge in [-0.25, -0.2) is 13.6 Å². The normalized spacial score (nSPS) is 14.4. The van der Waals surface area contributed by atoms with E-state index in [0.717, 1.165) is 12.8 Å². The minimum absolute atomic E-state index is 0.0318. The number of benzene rings is 1. The second kappa shape index (κ2) is 11.9. The molecule has 2 aromatic rings. The number of carbonyl (C=O) groups is 3. The quantitative estimate of drug-likeness (QED) is 0.468. The second-order valence-electron chi connectivity index (χ2n) is 9.92. The topological polar surface area (TPSA) is 108 Å². The van der Waals surface area contributed by atoms with Gasteiger partial charge in [0.25, 0.3) is 11.8 Å². The predicted molar refractivity (Wildman–Crippen MR) is 135 cm³/mol. The highest BCUT2D eigenvalue weighted by molar-refractivity contribution is 6.34. The van der Waals surface area contributed by atoms with Crippen LogP contribution < -0.4 is 5.32 Å². The van der Waals surface area contributed by atoms with Crippen LogP contribution in [0.3, 0.4) is 0 Å². The second-order valence-corrected chi connectivity index (χ2v) is 10.3. The van der Waals surface area contributed by atoms with Gasteiger partial charge in [0, 0.05) is 31.7 Å². The number of anilines is 1. The van der Waals surface area contributed by atoms with Gasteiger partial charge in [0.15, 0.2) is 17.5 Å². The third kappa shape index (κ3) is 7.41. The van der Waals surface area contributed by atoms with E-state index in [0.29, 0.717) is 44.6 Å². The monoisotopic (exact) mass is 539 g/mol. The fourth-order valence-electron chi connectivity index (χ4n) is 4.00. The molecule has 1 aromatic carbocycles. The van der Waals surface area contributed by atoms with Crippen LogP contribution in [0.15, 0.2) is 18.2 Å². The van der Waals surface area contributed by atoms with E-state index in [1.165, 1.54) is 6.07 Å². The lowest BCUT2D eigenvalue weighted by Gasteiger charge is -2.38. The molecule has 0 bridgehead atoms. The van der Waals surface area contributed by atoms with Gasteiger partial charge < -0.3 is 19.9 Å². The molecule has 0 aliphatic carbocycles. The zero-order valence-electron chi connectivity index (χ0n) is 21.4. The molecule has 202 valence electrons. The third-order valence-corrected chi connectivity index (χ3v) is 6.19. The van der Waals surface area contributed by atoms with Crippen LogP contribution in [0.5, 0.6) is 0 Å². The molecular formula is C25H32ClF2N5O4. The van der Waals surface area contributed by atoms with Gasteiger partial charge in [0.05, 0.1) is 10.6 Å². The molecule has 1 aliphatic heterocycles. The van der Waals surface area contributed by atoms with E-state index in [9.17, 15) is 23.2 Å². The zero-order chi connectivity index (χ0) is 27.3. The van der Waals surface area contributed by atoms with E-state index in [1.54, 1.807) is 9.80 Å². The molecule has 0 saturated carbocycles. The molecule has 1 aromatic heterocycles. The van der Waals surface area contributed by atoms with Gasteiger partial charge in [-0.05, 0) is 52.2 Å². The number of aromatic amines is 1. The maximum Gasteiger partial charge on any atom is 0.410 e. The Morgan fingerprint density at radius 3 is 2.46 bits per heavy atom. The summed E-state index contributed by atoms with van der Waals surface area (Å²) < 4.78 is 32.3. The summed E-state index contributed by atoms with van der Waals surface area (Å²) in [5, 5.41) is 8.78. The Kier molecular flexibility index (Phi) is 9.12. The molecular weight excluding hydrogens is 508 g/mol. The van der Waals surface area contributed by atoms with E-state index >= 15 is 0 Å². The predicted octanol–water partition coefficient (Wildman–Crippen LogP) is 5.24. The molecule has 0 spiro atoms. The molecule has 37 heavy (non-hydrogen) atoms. The van der Waals surface area contributed by atoms with Crippen LogP contribution in [0.25, 0.3) is 0 Å². The van der Waals surface area contributed by atoms with Gasteiger partial charge in [-0.2, -0.15) is 5.10 Å². The summed E-state index contributed by atoms with van der Waals surface area (Å²) in [5.74, 6) is -3.44. The van der Waals surface area contributed by atoms with Crippen molar-refractivity contribution < 1.29 is 27.9 Å². The molecule has 2 heterocycles. The largest absolute Gasteiger partial charge is 0.444 e. The Hall–Kier alpha value is -3.21. The first-order valence-corrected chi connectivity index (χ1v) is 12.6. The van der Waals surface area contributed by atoms with Crippen molar-refractivity contribution in [3.63, 3.8) is 0 Å². The highest BCUT2D eigenvalue weighted by Crippen LogP contribution is 2.23. The number of carbonyl (C=O) groups excluding carboxylic acids is 3. The highest BCUT2D eigenvalue weighted by atomic mass is 35.5. The summed E-state index contributed by atoms with van der Waals surface area (Å²) in [6.45, 7) is 8.94. The van der Waals surface area contributed by atoms with Gasteiger partial charge in [0.2, 0.25) is 0 Å². The molecule has 1 aliphatic rings.